The zero-order valence-corrected chi connectivity index (χ0v) is 15.1. The summed E-state index contributed by atoms with van der Waals surface area (Å²) in [6.45, 7) is 7.47. The van der Waals surface area contributed by atoms with E-state index in [0.29, 0.717) is 11.4 Å². The number of anilines is 2. The van der Waals surface area contributed by atoms with Crippen molar-refractivity contribution in [2.45, 2.75) is 27.7 Å². The molecule has 0 aliphatic carbocycles. The average Bonchev–Trinajstić information content (AvgIpc) is 2.54. The summed E-state index contributed by atoms with van der Waals surface area (Å²) in [7, 11) is 0. The Morgan fingerprint density at radius 2 is 1.52 bits per heavy atom. The van der Waals surface area contributed by atoms with Gasteiger partial charge >= 0.3 is 0 Å². The Kier molecular flexibility index (Phi) is 6.17. The molecule has 2 amide bonds. The molecule has 0 saturated heterocycles. The predicted molar refractivity (Wildman–Crippen MR) is 100.0 cm³/mol. The van der Waals surface area contributed by atoms with Crippen LogP contribution < -0.4 is 15.4 Å². The van der Waals surface area contributed by atoms with Crippen LogP contribution in [-0.4, -0.2) is 18.4 Å². The molecule has 2 rings (SSSR count). The maximum atomic E-state index is 12.1. The summed E-state index contributed by atoms with van der Waals surface area (Å²) in [4.78, 5) is 23.9. The number of aryl methyl sites for hydroxylation is 2. The lowest BCUT2D eigenvalue weighted by Crippen LogP contribution is -2.21. The number of rotatable bonds is 6. The molecule has 0 aliphatic heterocycles. The lowest BCUT2D eigenvalue weighted by Gasteiger charge is -2.13. The number of hydrogen-bond acceptors (Lipinski definition) is 3. The van der Waals surface area contributed by atoms with Crippen molar-refractivity contribution in [2.24, 2.45) is 5.92 Å². The highest BCUT2D eigenvalue weighted by Gasteiger charge is 2.10. The van der Waals surface area contributed by atoms with Gasteiger partial charge in [-0.2, -0.15) is 0 Å². The fourth-order valence-corrected chi connectivity index (χ4v) is 2.32. The van der Waals surface area contributed by atoms with Crippen LogP contribution in [-0.2, 0) is 9.59 Å². The summed E-state index contributed by atoms with van der Waals surface area (Å²) in [5.74, 6) is 0.302. The molecule has 0 radical (unpaired) electrons. The first-order valence-electron chi connectivity index (χ1n) is 8.26. The van der Waals surface area contributed by atoms with Crippen molar-refractivity contribution in [2.75, 3.05) is 17.2 Å². The van der Waals surface area contributed by atoms with Crippen LogP contribution in [0.15, 0.2) is 42.5 Å². The van der Waals surface area contributed by atoms with Crippen molar-refractivity contribution in [1.29, 1.82) is 0 Å². The zero-order chi connectivity index (χ0) is 18.4. The largest absolute Gasteiger partial charge is 0.483 e. The van der Waals surface area contributed by atoms with Crippen molar-refractivity contribution in [3.8, 4) is 5.75 Å². The second-order valence-corrected chi connectivity index (χ2v) is 6.28. The third kappa shape index (κ3) is 5.35. The highest BCUT2D eigenvalue weighted by Crippen LogP contribution is 2.22. The second kappa shape index (κ2) is 8.33. The van der Waals surface area contributed by atoms with E-state index < -0.39 is 0 Å². The van der Waals surface area contributed by atoms with Crippen molar-refractivity contribution in [3.05, 3.63) is 53.6 Å². The van der Waals surface area contributed by atoms with Gasteiger partial charge in [-0.3, -0.25) is 9.59 Å². The highest BCUT2D eigenvalue weighted by atomic mass is 16.5. The zero-order valence-electron chi connectivity index (χ0n) is 15.1. The summed E-state index contributed by atoms with van der Waals surface area (Å²) in [6, 6.07) is 12.9. The predicted octanol–water partition coefficient (Wildman–Crippen LogP) is 3.92. The molecule has 5 nitrogen and oxygen atoms in total. The van der Waals surface area contributed by atoms with E-state index in [4.69, 9.17) is 4.74 Å². The van der Waals surface area contributed by atoms with Gasteiger partial charge in [0.1, 0.15) is 5.75 Å². The molecule has 5 heteroatoms. The number of nitrogens with one attached hydrogen (secondary N) is 2. The third-order valence-electron chi connectivity index (χ3n) is 3.69. The SMILES string of the molecule is Cc1cccc(C)c1OCC(=O)Nc1cccc(NC(=O)C(C)C)c1. The molecule has 0 fully saturated rings. The van der Waals surface area contributed by atoms with Gasteiger partial charge in [-0.25, -0.2) is 0 Å². The summed E-state index contributed by atoms with van der Waals surface area (Å²) < 4.78 is 5.65. The van der Waals surface area contributed by atoms with E-state index in [1.807, 2.05) is 45.9 Å². The molecule has 2 aromatic carbocycles. The van der Waals surface area contributed by atoms with E-state index in [2.05, 4.69) is 10.6 Å². The van der Waals surface area contributed by atoms with Crippen molar-refractivity contribution < 1.29 is 14.3 Å². The molecule has 0 bridgehead atoms. The quantitative estimate of drug-likeness (QED) is 0.837. The van der Waals surface area contributed by atoms with Crippen LogP contribution in [0, 0.1) is 19.8 Å². The second-order valence-electron chi connectivity index (χ2n) is 6.28. The first-order valence-corrected chi connectivity index (χ1v) is 8.26. The summed E-state index contributed by atoms with van der Waals surface area (Å²) >= 11 is 0. The van der Waals surface area contributed by atoms with Crippen LogP contribution in [0.2, 0.25) is 0 Å². The number of amides is 2. The Bertz CT molecular complexity index is 749. The summed E-state index contributed by atoms with van der Waals surface area (Å²) in [6.07, 6.45) is 0. The number of benzene rings is 2. The molecule has 0 unspecified atom stereocenters. The van der Waals surface area contributed by atoms with Crippen molar-refractivity contribution >= 4 is 23.2 Å². The van der Waals surface area contributed by atoms with Crippen molar-refractivity contribution in [3.63, 3.8) is 0 Å². The monoisotopic (exact) mass is 340 g/mol. The Labute approximate surface area is 148 Å². The maximum absolute atomic E-state index is 12.1. The molecule has 0 spiro atoms. The van der Waals surface area contributed by atoms with Crippen LogP contribution in [0.4, 0.5) is 11.4 Å². The molecule has 0 heterocycles. The Balaban J connectivity index is 1.95. The molecule has 0 saturated carbocycles. The molecule has 25 heavy (non-hydrogen) atoms. The molecule has 0 aromatic heterocycles. The summed E-state index contributed by atoms with van der Waals surface area (Å²) in [5, 5.41) is 5.59. The number of para-hydroxylation sites is 1. The van der Waals surface area contributed by atoms with E-state index >= 15 is 0 Å². The van der Waals surface area contributed by atoms with Gasteiger partial charge in [0.05, 0.1) is 0 Å². The third-order valence-corrected chi connectivity index (χ3v) is 3.69. The lowest BCUT2D eigenvalue weighted by atomic mass is 10.1. The van der Waals surface area contributed by atoms with Gasteiger partial charge in [0.2, 0.25) is 5.91 Å². The van der Waals surface area contributed by atoms with Gasteiger partial charge < -0.3 is 15.4 Å². The fraction of sp³-hybridized carbons (Fsp3) is 0.300. The van der Waals surface area contributed by atoms with Crippen LogP contribution in [0.5, 0.6) is 5.75 Å². The molecular formula is C20H24N2O3. The minimum absolute atomic E-state index is 0.0677. The van der Waals surface area contributed by atoms with Gasteiger partial charge in [0.15, 0.2) is 6.61 Å². The molecular weight excluding hydrogens is 316 g/mol. The fourth-order valence-electron chi connectivity index (χ4n) is 2.32. The summed E-state index contributed by atoms with van der Waals surface area (Å²) in [5.41, 5.74) is 3.24. The molecule has 0 aliphatic rings. The number of carbonyl (C=O) groups is 2. The van der Waals surface area contributed by atoms with E-state index in [9.17, 15) is 9.59 Å². The van der Waals surface area contributed by atoms with E-state index in [-0.39, 0.29) is 24.3 Å². The van der Waals surface area contributed by atoms with Gasteiger partial charge in [-0.15, -0.1) is 0 Å². The average molecular weight is 340 g/mol. The number of ether oxygens (including phenoxy) is 1. The van der Waals surface area contributed by atoms with E-state index in [1.165, 1.54) is 0 Å². The van der Waals surface area contributed by atoms with E-state index in [0.717, 1.165) is 16.9 Å². The van der Waals surface area contributed by atoms with Gasteiger partial charge in [-0.05, 0) is 43.2 Å². The van der Waals surface area contributed by atoms with Crippen LogP contribution in [0.3, 0.4) is 0 Å². The van der Waals surface area contributed by atoms with Crippen LogP contribution in [0.1, 0.15) is 25.0 Å². The Morgan fingerprint density at radius 1 is 0.960 bits per heavy atom. The van der Waals surface area contributed by atoms with Gasteiger partial charge in [0.25, 0.3) is 5.91 Å². The standard InChI is InChI=1S/C20H24N2O3/c1-13(2)20(24)22-17-10-6-9-16(11-17)21-18(23)12-25-19-14(3)7-5-8-15(19)4/h5-11,13H,12H2,1-4H3,(H,21,23)(H,22,24). The molecule has 132 valence electrons. The smallest absolute Gasteiger partial charge is 0.262 e. The number of hydrogen-bond donors (Lipinski definition) is 2. The number of carbonyl (C=O) groups excluding carboxylic acids is 2. The first-order chi connectivity index (χ1) is 11.9. The lowest BCUT2D eigenvalue weighted by molar-refractivity contribution is -0.119. The molecule has 2 aromatic rings. The van der Waals surface area contributed by atoms with E-state index in [1.54, 1.807) is 24.3 Å². The molecule has 2 N–H and O–H groups in total. The highest BCUT2D eigenvalue weighted by molar-refractivity contribution is 5.95. The minimum Gasteiger partial charge on any atom is -0.483 e. The Hall–Kier alpha value is -2.82. The van der Waals surface area contributed by atoms with Gasteiger partial charge in [-0.1, -0.05) is 38.1 Å². The normalized spacial score (nSPS) is 10.4. The van der Waals surface area contributed by atoms with Crippen LogP contribution in [0.25, 0.3) is 0 Å². The first kappa shape index (κ1) is 18.5. The van der Waals surface area contributed by atoms with Crippen molar-refractivity contribution in [1.82, 2.24) is 0 Å². The maximum Gasteiger partial charge on any atom is 0.262 e. The van der Waals surface area contributed by atoms with Crippen LogP contribution >= 0.6 is 0 Å². The minimum atomic E-state index is -0.255. The molecule has 0 atom stereocenters. The van der Waals surface area contributed by atoms with Gasteiger partial charge in [0, 0.05) is 17.3 Å². The topological polar surface area (TPSA) is 67.4 Å². The Morgan fingerprint density at radius 3 is 2.12 bits per heavy atom.